The Morgan fingerprint density at radius 1 is 1.37 bits per heavy atom. The number of rotatable bonds is 3. The molecule has 0 unspecified atom stereocenters. The van der Waals surface area contributed by atoms with Crippen LogP contribution in [0.15, 0.2) is 12.1 Å². The molecule has 0 saturated carbocycles. The van der Waals surface area contributed by atoms with Gasteiger partial charge >= 0.3 is 0 Å². The van der Waals surface area contributed by atoms with E-state index in [1.165, 1.54) is 13.0 Å². The molecule has 1 heterocycles. The number of piperidine rings is 1. The number of carbonyl (C=O) groups excluding carboxylic acids is 1. The molecule has 104 valence electrons. The van der Waals surface area contributed by atoms with Crippen molar-refractivity contribution in [2.45, 2.75) is 25.8 Å². The predicted octanol–water partition coefficient (Wildman–Crippen LogP) is 1.88. The van der Waals surface area contributed by atoms with E-state index in [-0.39, 0.29) is 18.2 Å². The number of likely N-dealkylation sites (tertiary alicyclic amines) is 1. The summed E-state index contributed by atoms with van der Waals surface area (Å²) in [6.45, 7) is 2.96. The van der Waals surface area contributed by atoms with Gasteiger partial charge < -0.3 is 5.73 Å². The van der Waals surface area contributed by atoms with Crippen molar-refractivity contribution in [1.29, 1.82) is 0 Å². The molecule has 0 spiro atoms. The van der Waals surface area contributed by atoms with E-state index >= 15 is 0 Å². The lowest BCUT2D eigenvalue weighted by Crippen LogP contribution is -2.42. The molecule has 5 heteroatoms. The molecule has 0 amide bonds. The van der Waals surface area contributed by atoms with E-state index < -0.39 is 23.0 Å². The molecular formula is C14H18F2N2O. The van der Waals surface area contributed by atoms with Crippen LogP contribution < -0.4 is 5.73 Å². The highest BCUT2D eigenvalue weighted by Crippen LogP contribution is 2.18. The maximum Gasteiger partial charge on any atom is 0.182 e. The number of aryl methyl sites for hydroxylation is 1. The first kappa shape index (κ1) is 14.1. The zero-order chi connectivity index (χ0) is 14.0. The third-order valence-electron chi connectivity index (χ3n) is 3.56. The Balaban J connectivity index is 2.10. The summed E-state index contributed by atoms with van der Waals surface area (Å²) in [5.41, 5.74) is 5.64. The second kappa shape index (κ2) is 5.75. The largest absolute Gasteiger partial charge is 0.328 e. The van der Waals surface area contributed by atoms with E-state index in [4.69, 9.17) is 5.73 Å². The van der Waals surface area contributed by atoms with Gasteiger partial charge in [0, 0.05) is 19.1 Å². The summed E-state index contributed by atoms with van der Waals surface area (Å²) in [6, 6.07) is 2.64. The molecule has 0 aliphatic carbocycles. The van der Waals surface area contributed by atoms with Crippen LogP contribution in [0.25, 0.3) is 0 Å². The summed E-state index contributed by atoms with van der Waals surface area (Å²) < 4.78 is 27.4. The number of hydrogen-bond donors (Lipinski definition) is 1. The molecule has 1 aromatic carbocycles. The van der Waals surface area contributed by atoms with E-state index in [9.17, 15) is 13.6 Å². The van der Waals surface area contributed by atoms with Crippen LogP contribution >= 0.6 is 0 Å². The number of hydrogen-bond acceptors (Lipinski definition) is 3. The summed E-state index contributed by atoms with van der Waals surface area (Å²) in [5, 5.41) is 0. The molecule has 0 radical (unpaired) electrons. The van der Waals surface area contributed by atoms with Gasteiger partial charge in [0.05, 0.1) is 12.1 Å². The lowest BCUT2D eigenvalue weighted by atomic mass is 10.0. The zero-order valence-electron chi connectivity index (χ0n) is 11.0. The molecule has 1 aliphatic heterocycles. The van der Waals surface area contributed by atoms with Gasteiger partial charge in [-0.25, -0.2) is 8.78 Å². The second-order valence-electron chi connectivity index (χ2n) is 5.09. The standard InChI is InChI=1S/C14H18F2N2O/c1-9-2-3-11(15)13(14(9)16)12(19)8-18-6-4-10(17)5-7-18/h2-3,10H,4-8,17H2,1H3. The first-order chi connectivity index (χ1) is 8.99. The highest BCUT2D eigenvalue weighted by Gasteiger charge is 2.23. The van der Waals surface area contributed by atoms with Gasteiger partial charge in [0.2, 0.25) is 0 Å². The molecule has 1 aromatic rings. The average Bonchev–Trinajstić information content (AvgIpc) is 2.37. The van der Waals surface area contributed by atoms with Crippen LogP contribution in [0, 0.1) is 18.6 Å². The molecule has 0 atom stereocenters. The minimum absolute atomic E-state index is 0.0456. The minimum Gasteiger partial charge on any atom is -0.328 e. The van der Waals surface area contributed by atoms with E-state index in [1.54, 1.807) is 0 Å². The highest BCUT2D eigenvalue weighted by molar-refractivity contribution is 5.98. The van der Waals surface area contributed by atoms with E-state index in [0.717, 1.165) is 18.9 Å². The first-order valence-electron chi connectivity index (χ1n) is 6.44. The molecule has 19 heavy (non-hydrogen) atoms. The number of nitrogens with zero attached hydrogens (tertiary/aromatic N) is 1. The van der Waals surface area contributed by atoms with Crippen molar-refractivity contribution in [3.05, 3.63) is 34.9 Å². The van der Waals surface area contributed by atoms with Crippen molar-refractivity contribution in [2.75, 3.05) is 19.6 Å². The number of carbonyl (C=O) groups is 1. The topological polar surface area (TPSA) is 46.3 Å². The number of Topliss-reactive ketones (excluding diaryl/α,β-unsaturated/α-hetero) is 1. The lowest BCUT2D eigenvalue weighted by molar-refractivity contribution is 0.0901. The van der Waals surface area contributed by atoms with E-state index in [2.05, 4.69) is 0 Å². The molecule has 2 rings (SSSR count). The van der Waals surface area contributed by atoms with Crippen molar-refractivity contribution in [3.8, 4) is 0 Å². The lowest BCUT2D eigenvalue weighted by Gasteiger charge is -2.29. The zero-order valence-corrected chi connectivity index (χ0v) is 11.0. The Morgan fingerprint density at radius 2 is 2.00 bits per heavy atom. The molecule has 0 aromatic heterocycles. The number of benzene rings is 1. The van der Waals surface area contributed by atoms with E-state index in [0.29, 0.717) is 13.1 Å². The summed E-state index contributed by atoms with van der Waals surface area (Å²) in [5.74, 6) is -2.05. The van der Waals surface area contributed by atoms with Crippen LogP contribution in [0.4, 0.5) is 8.78 Å². The fraction of sp³-hybridized carbons (Fsp3) is 0.500. The minimum atomic E-state index is -0.790. The van der Waals surface area contributed by atoms with E-state index in [1.807, 2.05) is 4.90 Å². The Kier molecular flexibility index (Phi) is 4.27. The van der Waals surface area contributed by atoms with Gasteiger partial charge in [0.1, 0.15) is 11.6 Å². The Labute approximate surface area is 111 Å². The Morgan fingerprint density at radius 3 is 2.63 bits per heavy atom. The number of ketones is 1. The van der Waals surface area contributed by atoms with Crippen molar-refractivity contribution < 1.29 is 13.6 Å². The highest BCUT2D eigenvalue weighted by atomic mass is 19.1. The smallest absolute Gasteiger partial charge is 0.182 e. The molecule has 1 aliphatic rings. The average molecular weight is 268 g/mol. The number of halogens is 2. The van der Waals surface area contributed by atoms with Crippen LogP contribution in [0.1, 0.15) is 28.8 Å². The van der Waals surface area contributed by atoms with Crippen LogP contribution in [-0.2, 0) is 0 Å². The van der Waals surface area contributed by atoms with Crippen LogP contribution in [0.3, 0.4) is 0 Å². The van der Waals surface area contributed by atoms with Crippen molar-refractivity contribution in [2.24, 2.45) is 5.73 Å². The van der Waals surface area contributed by atoms with Gasteiger partial charge in [0.25, 0.3) is 0 Å². The van der Waals surface area contributed by atoms with Gasteiger partial charge in [-0.3, -0.25) is 9.69 Å². The van der Waals surface area contributed by atoms with Gasteiger partial charge in [-0.2, -0.15) is 0 Å². The summed E-state index contributed by atoms with van der Waals surface area (Å²) in [4.78, 5) is 13.9. The predicted molar refractivity (Wildman–Crippen MR) is 69.1 cm³/mol. The van der Waals surface area contributed by atoms with Crippen LogP contribution in [0.5, 0.6) is 0 Å². The van der Waals surface area contributed by atoms with Crippen molar-refractivity contribution in [1.82, 2.24) is 4.90 Å². The Hall–Kier alpha value is -1.33. The van der Waals surface area contributed by atoms with Gasteiger partial charge in [-0.05, 0) is 31.4 Å². The molecule has 1 fully saturated rings. The summed E-state index contributed by atoms with van der Waals surface area (Å²) in [7, 11) is 0. The molecule has 2 N–H and O–H groups in total. The fourth-order valence-electron chi connectivity index (χ4n) is 2.31. The molecule has 3 nitrogen and oxygen atoms in total. The maximum absolute atomic E-state index is 13.8. The molecular weight excluding hydrogens is 250 g/mol. The maximum atomic E-state index is 13.8. The van der Waals surface area contributed by atoms with Crippen molar-refractivity contribution in [3.63, 3.8) is 0 Å². The number of nitrogens with two attached hydrogens (primary N) is 1. The molecule has 0 bridgehead atoms. The quantitative estimate of drug-likeness (QED) is 0.851. The third kappa shape index (κ3) is 3.16. The third-order valence-corrected chi connectivity index (χ3v) is 3.56. The normalized spacial score (nSPS) is 17.7. The van der Waals surface area contributed by atoms with Crippen LogP contribution in [0.2, 0.25) is 0 Å². The van der Waals surface area contributed by atoms with Gasteiger partial charge in [-0.1, -0.05) is 6.07 Å². The molecule has 1 saturated heterocycles. The van der Waals surface area contributed by atoms with Gasteiger partial charge in [0.15, 0.2) is 5.78 Å². The monoisotopic (exact) mass is 268 g/mol. The summed E-state index contributed by atoms with van der Waals surface area (Å²) in [6.07, 6.45) is 1.62. The van der Waals surface area contributed by atoms with Crippen LogP contribution in [-0.4, -0.2) is 36.4 Å². The van der Waals surface area contributed by atoms with Gasteiger partial charge in [-0.15, -0.1) is 0 Å². The summed E-state index contributed by atoms with van der Waals surface area (Å²) >= 11 is 0. The second-order valence-corrected chi connectivity index (χ2v) is 5.09. The SMILES string of the molecule is Cc1ccc(F)c(C(=O)CN2CCC(N)CC2)c1F. The first-order valence-corrected chi connectivity index (χ1v) is 6.44. The van der Waals surface area contributed by atoms with Crippen molar-refractivity contribution >= 4 is 5.78 Å². The Bertz CT molecular complexity index is 483. The fourth-order valence-corrected chi connectivity index (χ4v) is 2.31.